The van der Waals surface area contributed by atoms with Gasteiger partial charge < -0.3 is 5.11 Å². The maximum atomic E-state index is 10.7. The SMILES string of the molecule is Cc1cccc(-c2nc(C(C)CC(=O)O)cs2)c1. The van der Waals surface area contributed by atoms with E-state index in [1.807, 2.05) is 37.4 Å². The third-order valence-electron chi connectivity index (χ3n) is 2.77. The van der Waals surface area contributed by atoms with Gasteiger partial charge in [-0.1, -0.05) is 30.7 Å². The zero-order chi connectivity index (χ0) is 13.1. The molecule has 0 aliphatic heterocycles. The van der Waals surface area contributed by atoms with Crippen LogP contribution in [-0.4, -0.2) is 16.1 Å². The van der Waals surface area contributed by atoms with Gasteiger partial charge in [0.05, 0.1) is 12.1 Å². The number of benzene rings is 1. The standard InChI is InChI=1S/C14H15NO2S/c1-9-4-3-5-11(6-9)14-15-12(8-18-14)10(2)7-13(16)17/h3-6,8,10H,7H2,1-2H3,(H,16,17). The summed E-state index contributed by atoms with van der Waals surface area (Å²) < 4.78 is 0. The Morgan fingerprint density at radius 2 is 2.28 bits per heavy atom. The third-order valence-corrected chi connectivity index (χ3v) is 3.68. The van der Waals surface area contributed by atoms with E-state index in [9.17, 15) is 4.79 Å². The van der Waals surface area contributed by atoms with Gasteiger partial charge in [-0.3, -0.25) is 4.79 Å². The summed E-state index contributed by atoms with van der Waals surface area (Å²) >= 11 is 1.56. The van der Waals surface area contributed by atoms with Crippen LogP contribution in [-0.2, 0) is 4.79 Å². The number of carboxylic acids is 1. The van der Waals surface area contributed by atoms with Crippen LogP contribution in [0.2, 0.25) is 0 Å². The summed E-state index contributed by atoms with van der Waals surface area (Å²) in [6, 6.07) is 8.17. The molecule has 4 heteroatoms. The Morgan fingerprint density at radius 1 is 1.50 bits per heavy atom. The predicted octanol–water partition coefficient (Wildman–Crippen LogP) is 3.70. The van der Waals surface area contributed by atoms with Crippen LogP contribution >= 0.6 is 11.3 Å². The highest BCUT2D eigenvalue weighted by Gasteiger charge is 2.14. The van der Waals surface area contributed by atoms with E-state index in [4.69, 9.17) is 5.11 Å². The number of aliphatic carboxylic acids is 1. The van der Waals surface area contributed by atoms with E-state index in [1.54, 1.807) is 11.3 Å². The first-order valence-electron chi connectivity index (χ1n) is 5.80. The maximum Gasteiger partial charge on any atom is 0.304 e. The second kappa shape index (κ2) is 5.31. The van der Waals surface area contributed by atoms with Gasteiger partial charge in [0.1, 0.15) is 5.01 Å². The second-order valence-electron chi connectivity index (χ2n) is 4.45. The van der Waals surface area contributed by atoms with Crippen molar-refractivity contribution >= 4 is 17.3 Å². The zero-order valence-corrected chi connectivity index (χ0v) is 11.2. The number of thiazole rings is 1. The van der Waals surface area contributed by atoms with Gasteiger partial charge in [-0.2, -0.15) is 0 Å². The molecule has 1 aromatic heterocycles. The van der Waals surface area contributed by atoms with E-state index in [2.05, 4.69) is 11.1 Å². The summed E-state index contributed by atoms with van der Waals surface area (Å²) in [6.45, 7) is 3.94. The lowest BCUT2D eigenvalue weighted by Gasteiger charge is -2.03. The fourth-order valence-corrected chi connectivity index (χ4v) is 2.73. The van der Waals surface area contributed by atoms with E-state index in [0.29, 0.717) is 0 Å². The molecule has 0 saturated carbocycles. The monoisotopic (exact) mass is 261 g/mol. The lowest BCUT2D eigenvalue weighted by atomic mass is 10.1. The Hall–Kier alpha value is -1.68. The molecule has 1 unspecified atom stereocenters. The summed E-state index contributed by atoms with van der Waals surface area (Å²) in [4.78, 5) is 15.2. The van der Waals surface area contributed by atoms with Gasteiger partial charge in [-0.05, 0) is 13.0 Å². The minimum absolute atomic E-state index is 0.0442. The largest absolute Gasteiger partial charge is 0.481 e. The topological polar surface area (TPSA) is 50.2 Å². The van der Waals surface area contributed by atoms with Gasteiger partial charge >= 0.3 is 5.97 Å². The molecule has 0 bridgehead atoms. The van der Waals surface area contributed by atoms with Crippen molar-refractivity contribution in [2.24, 2.45) is 0 Å². The average molecular weight is 261 g/mol. The molecule has 94 valence electrons. The number of nitrogens with zero attached hydrogens (tertiary/aromatic N) is 1. The van der Waals surface area contributed by atoms with Crippen LogP contribution in [0, 0.1) is 6.92 Å². The fraction of sp³-hybridized carbons (Fsp3) is 0.286. The van der Waals surface area contributed by atoms with E-state index < -0.39 is 5.97 Å². The molecular weight excluding hydrogens is 246 g/mol. The first-order chi connectivity index (χ1) is 8.56. The van der Waals surface area contributed by atoms with E-state index in [0.717, 1.165) is 16.3 Å². The van der Waals surface area contributed by atoms with Crippen LogP contribution in [0.1, 0.15) is 30.5 Å². The Morgan fingerprint density at radius 3 is 2.94 bits per heavy atom. The normalized spacial score (nSPS) is 12.3. The molecular formula is C14H15NO2S. The van der Waals surface area contributed by atoms with Crippen molar-refractivity contribution in [3.63, 3.8) is 0 Å². The molecule has 1 atom stereocenters. The number of carbonyl (C=O) groups is 1. The highest BCUT2D eigenvalue weighted by molar-refractivity contribution is 7.13. The van der Waals surface area contributed by atoms with E-state index in [1.165, 1.54) is 5.56 Å². The molecule has 0 saturated heterocycles. The Kier molecular flexibility index (Phi) is 3.77. The summed E-state index contributed by atoms with van der Waals surface area (Å²) in [6.07, 6.45) is 0.122. The van der Waals surface area contributed by atoms with Crippen molar-refractivity contribution in [1.82, 2.24) is 4.98 Å². The first kappa shape index (κ1) is 12.8. The Labute approximate surface area is 110 Å². The summed E-state index contributed by atoms with van der Waals surface area (Å²) in [7, 11) is 0. The quantitative estimate of drug-likeness (QED) is 0.913. The Balaban J connectivity index is 2.22. The van der Waals surface area contributed by atoms with Gasteiger partial charge in [0.2, 0.25) is 0 Å². The van der Waals surface area contributed by atoms with Gasteiger partial charge in [0.15, 0.2) is 0 Å². The number of aryl methyl sites for hydroxylation is 1. The minimum atomic E-state index is -0.785. The number of carboxylic acid groups (broad SMARTS) is 1. The molecule has 3 nitrogen and oxygen atoms in total. The molecule has 0 spiro atoms. The van der Waals surface area contributed by atoms with Crippen molar-refractivity contribution in [1.29, 1.82) is 0 Å². The van der Waals surface area contributed by atoms with Crippen molar-refractivity contribution in [2.45, 2.75) is 26.2 Å². The molecule has 1 aromatic carbocycles. The van der Waals surface area contributed by atoms with Crippen LogP contribution in [0.4, 0.5) is 0 Å². The van der Waals surface area contributed by atoms with E-state index >= 15 is 0 Å². The minimum Gasteiger partial charge on any atom is -0.481 e. The number of aromatic nitrogens is 1. The Bertz CT molecular complexity index is 562. The number of rotatable bonds is 4. The molecule has 1 heterocycles. The zero-order valence-electron chi connectivity index (χ0n) is 10.4. The average Bonchev–Trinajstić information content (AvgIpc) is 2.77. The van der Waals surface area contributed by atoms with Gasteiger partial charge in [-0.15, -0.1) is 11.3 Å². The van der Waals surface area contributed by atoms with Crippen LogP contribution in [0.3, 0.4) is 0 Å². The molecule has 0 aliphatic carbocycles. The van der Waals surface area contributed by atoms with Crippen molar-refractivity contribution < 1.29 is 9.90 Å². The van der Waals surface area contributed by atoms with Gasteiger partial charge in [0.25, 0.3) is 0 Å². The van der Waals surface area contributed by atoms with Crippen LogP contribution in [0.25, 0.3) is 10.6 Å². The molecule has 1 N–H and O–H groups in total. The molecule has 0 aliphatic rings. The van der Waals surface area contributed by atoms with Gasteiger partial charge in [0, 0.05) is 16.9 Å². The maximum absolute atomic E-state index is 10.7. The lowest BCUT2D eigenvalue weighted by Crippen LogP contribution is -2.02. The van der Waals surface area contributed by atoms with Crippen molar-refractivity contribution in [3.05, 3.63) is 40.9 Å². The smallest absolute Gasteiger partial charge is 0.304 e. The molecule has 2 aromatic rings. The highest BCUT2D eigenvalue weighted by atomic mass is 32.1. The molecule has 18 heavy (non-hydrogen) atoms. The van der Waals surface area contributed by atoms with Gasteiger partial charge in [-0.25, -0.2) is 4.98 Å². The van der Waals surface area contributed by atoms with Crippen LogP contribution in [0.5, 0.6) is 0 Å². The van der Waals surface area contributed by atoms with Crippen molar-refractivity contribution in [2.75, 3.05) is 0 Å². The van der Waals surface area contributed by atoms with Crippen molar-refractivity contribution in [3.8, 4) is 10.6 Å². The second-order valence-corrected chi connectivity index (χ2v) is 5.30. The highest BCUT2D eigenvalue weighted by Crippen LogP contribution is 2.28. The molecule has 0 amide bonds. The fourth-order valence-electron chi connectivity index (χ4n) is 1.79. The first-order valence-corrected chi connectivity index (χ1v) is 6.68. The van der Waals surface area contributed by atoms with Crippen LogP contribution in [0.15, 0.2) is 29.6 Å². The molecule has 0 radical (unpaired) electrons. The summed E-state index contributed by atoms with van der Waals surface area (Å²) in [5.74, 6) is -0.829. The number of hydrogen-bond acceptors (Lipinski definition) is 3. The predicted molar refractivity (Wildman–Crippen MR) is 73.0 cm³/mol. The summed E-state index contributed by atoms with van der Waals surface area (Å²) in [5, 5.41) is 11.7. The van der Waals surface area contributed by atoms with E-state index in [-0.39, 0.29) is 12.3 Å². The molecule has 0 fully saturated rings. The lowest BCUT2D eigenvalue weighted by molar-refractivity contribution is -0.137. The van der Waals surface area contributed by atoms with Crippen LogP contribution < -0.4 is 0 Å². The molecule has 2 rings (SSSR count). The number of hydrogen-bond donors (Lipinski definition) is 1. The third kappa shape index (κ3) is 2.96. The summed E-state index contributed by atoms with van der Waals surface area (Å²) in [5.41, 5.74) is 3.15.